The molecule has 0 aromatic heterocycles. The summed E-state index contributed by atoms with van der Waals surface area (Å²) in [5.41, 5.74) is 0. The van der Waals surface area contributed by atoms with Gasteiger partial charge in [-0.05, 0) is 49.9 Å². The summed E-state index contributed by atoms with van der Waals surface area (Å²) in [6.07, 6.45) is 5.15. The summed E-state index contributed by atoms with van der Waals surface area (Å²) in [5.74, 6) is 3.23. The summed E-state index contributed by atoms with van der Waals surface area (Å²) in [6.45, 7) is 3.42. The monoisotopic (exact) mass is 523 g/mol. The molecule has 8 heteroatoms. The quantitative estimate of drug-likeness (QED) is 0.225. The summed E-state index contributed by atoms with van der Waals surface area (Å²) < 4.78 is 23.0. The van der Waals surface area contributed by atoms with Crippen LogP contribution in [0.2, 0.25) is 0 Å². The second-order valence-corrected chi connectivity index (χ2v) is 8.68. The highest BCUT2D eigenvalue weighted by Crippen LogP contribution is 2.23. The largest absolute Gasteiger partial charge is 0.497 e. The standard InChI is InChI=1S/C20H33N3O3S.HI/c1-4-27(24)19-8-5-7-16(15-19)23-20(21-2)22-13-6-14-26-18-11-9-17(25-3)10-12-18;/h9-12,16,19H,4-8,13-15H2,1-3H3,(H2,21,22,23);1H. The van der Waals surface area contributed by atoms with E-state index >= 15 is 0 Å². The van der Waals surface area contributed by atoms with Gasteiger partial charge in [0.15, 0.2) is 5.96 Å². The summed E-state index contributed by atoms with van der Waals surface area (Å²) in [7, 11) is 2.73. The lowest BCUT2D eigenvalue weighted by molar-refractivity contribution is 0.310. The number of hydrogen-bond acceptors (Lipinski definition) is 4. The van der Waals surface area contributed by atoms with E-state index in [0.29, 0.717) is 17.9 Å². The smallest absolute Gasteiger partial charge is 0.191 e. The van der Waals surface area contributed by atoms with Crippen molar-refractivity contribution in [1.82, 2.24) is 10.6 Å². The highest BCUT2D eigenvalue weighted by atomic mass is 127. The van der Waals surface area contributed by atoms with Gasteiger partial charge in [0.05, 0.1) is 13.7 Å². The van der Waals surface area contributed by atoms with Gasteiger partial charge in [0, 0.05) is 41.4 Å². The van der Waals surface area contributed by atoms with Gasteiger partial charge in [-0.25, -0.2) is 0 Å². The van der Waals surface area contributed by atoms with E-state index in [-0.39, 0.29) is 24.0 Å². The average Bonchev–Trinajstić information content (AvgIpc) is 2.72. The molecule has 28 heavy (non-hydrogen) atoms. The van der Waals surface area contributed by atoms with Gasteiger partial charge in [-0.3, -0.25) is 9.20 Å². The Balaban J connectivity index is 0.00000392. The highest BCUT2D eigenvalue weighted by Gasteiger charge is 2.25. The zero-order valence-corrected chi connectivity index (χ0v) is 20.3. The van der Waals surface area contributed by atoms with Crippen molar-refractivity contribution in [1.29, 1.82) is 0 Å². The SMILES string of the molecule is CCS(=O)C1CCCC(NC(=NC)NCCCOc2ccc(OC)cc2)C1.I. The van der Waals surface area contributed by atoms with Crippen molar-refractivity contribution in [3.8, 4) is 11.5 Å². The maximum absolute atomic E-state index is 12.1. The first-order valence-electron chi connectivity index (χ1n) is 9.77. The zero-order valence-electron chi connectivity index (χ0n) is 17.1. The molecule has 0 radical (unpaired) electrons. The van der Waals surface area contributed by atoms with Crippen LogP contribution < -0.4 is 20.1 Å². The molecule has 160 valence electrons. The topological polar surface area (TPSA) is 72.0 Å². The normalized spacial score (nSPS) is 20.6. The molecule has 0 heterocycles. The van der Waals surface area contributed by atoms with Crippen LogP contribution in [-0.2, 0) is 10.8 Å². The molecule has 0 aliphatic heterocycles. The van der Waals surface area contributed by atoms with E-state index in [1.165, 1.54) is 0 Å². The van der Waals surface area contributed by atoms with Crippen molar-refractivity contribution in [3.63, 3.8) is 0 Å². The zero-order chi connectivity index (χ0) is 19.5. The number of nitrogens with one attached hydrogen (secondary N) is 2. The number of guanidine groups is 1. The average molecular weight is 523 g/mol. The number of hydrogen-bond donors (Lipinski definition) is 2. The molecule has 1 aromatic rings. The molecule has 1 saturated carbocycles. The Labute approximate surface area is 188 Å². The van der Waals surface area contributed by atoms with Crippen molar-refractivity contribution < 1.29 is 13.7 Å². The Bertz CT molecular complexity index is 613. The molecule has 3 atom stereocenters. The van der Waals surface area contributed by atoms with Crippen molar-refractivity contribution in [2.45, 2.75) is 50.3 Å². The lowest BCUT2D eigenvalue weighted by atomic mass is 9.95. The van der Waals surface area contributed by atoms with Crippen LogP contribution in [0.25, 0.3) is 0 Å². The summed E-state index contributed by atoms with van der Waals surface area (Å²) in [6, 6.07) is 7.95. The molecule has 2 N–H and O–H groups in total. The second-order valence-electron chi connectivity index (χ2n) is 6.68. The number of aliphatic imine (C=N–C) groups is 1. The fourth-order valence-electron chi connectivity index (χ4n) is 3.28. The highest BCUT2D eigenvalue weighted by molar-refractivity contribution is 14.0. The first kappa shape index (κ1) is 25.0. The Morgan fingerprint density at radius 2 is 1.96 bits per heavy atom. The fourth-order valence-corrected chi connectivity index (χ4v) is 4.63. The molecule has 1 aliphatic rings. The van der Waals surface area contributed by atoms with Gasteiger partial charge >= 0.3 is 0 Å². The summed E-state index contributed by atoms with van der Waals surface area (Å²) >= 11 is 0. The fraction of sp³-hybridized carbons (Fsp3) is 0.650. The lowest BCUT2D eigenvalue weighted by Gasteiger charge is -2.30. The van der Waals surface area contributed by atoms with Gasteiger partial charge in [-0.1, -0.05) is 13.3 Å². The van der Waals surface area contributed by atoms with Crippen LogP contribution in [0.15, 0.2) is 29.3 Å². The van der Waals surface area contributed by atoms with E-state index in [1.807, 2.05) is 31.2 Å². The molecule has 0 saturated heterocycles. The van der Waals surface area contributed by atoms with E-state index in [9.17, 15) is 4.21 Å². The van der Waals surface area contributed by atoms with Gasteiger partial charge in [0.2, 0.25) is 0 Å². The van der Waals surface area contributed by atoms with Gasteiger partial charge in [0.1, 0.15) is 11.5 Å². The van der Waals surface area contributed by atoms with Gasteiger partial charge in [-0.15, -0.1) is 24.0 Å². The molecule has 0 bridgehead atoms. The van der Waals surface area contributed by atoms with Crippen LogP contribution >= 0.6 is 24.0 Å². The Morgan fingerprint density at radius 1 is 1.25 bits per heavy atom. The molecular weight excluding hydrogens is 489 g/mol. The molecular formula is C20H34IN3O3S. The number of nitrogens with zero attached hydrogens (tertiary/aromatic N) is 1. The molecule has 2 rings (SSSR count). The third kappa shape index (κ3) is 8.55. The minimum Gasteiger partial charge on any atom is -0.497 e. The predicted octanol–water partition coefficient (Wildman–Crippen LogP) is 3.33. The van der Waals surface area contributed by atoms with Crippen LogP contribution in [-0.4, -0.2) is 54.5 Å². The van der Waals surface area contributed by atoms with Crippen LogP contribution in [0.1, 0.15) is 39.0 Å². The van der Waals surface area contributed by atoms with Crippen LogP contribution in [0.5, 0.6) is 11.5 Å². The van der Waals surface area contributed by atoms with E-state index in [4.69, 9.17) is 9.47 Å². The van der Waals surface area contributed by atoms with Crippen molar-refractivity contribution in [2.24, 2.45) is 4.99 Å². The van der Waals surface area contributed by atoms with E-state index in [2.05, 4.69) is 15.6 Å². The van der Waals surface area contributed by atoms with Crippen LogP contribution in [0.4, 0.5) is 0 Å². The Kier molecular flexibility index (Phi) is 12.5. The lowest BCUT2D eigenvalue weighted by Crippen LogP contribution is -2.47. The molecule has 1 aromatic carbocycles. The molecule has 0 spiro atoms. The molecule has 3 unspecified atom stereocenters. The third-order valence-corrected chi connectivity index (χ3v) is 6.53. The molecule has 1 aliphatic carbocycles. The number of methoxy groups -OCH3 is 1. The van der Waals surface area contributed by atoms with Crippen LogP contribution in [0, 0.1) is 0 Å². The van der Waals surface area contributed by atoms with Gasteiger partial charge in [0.25, 0.3) is 0 Å². The maximum Gasteiger partial charge on any atom is 0.191 e. The molecule has 0 amide bonds. The summed E-state index contributed by atoms with van der Waals surface area (Å²) in [4.78, 5) is 4.31. The van der Waals surface area contributed by atoms with E-state index < -0.39 is 10.8 Å². The molecule has 1 fully saturated rings. The third-order valence-electron chi connectivity index (χ3n) is 4.79. The predicted molar refractivity (Wildman–Crippen MR) is 128 cm³/mol. The van der Waals surface area contributed by atoms with Crippen LogP contribution in [0.3, 0.4) is 0 Å². The number of rotatable bonds is 9. The maximum atomic E-state index is 12.1. The van der Waals surface area contributed by atoms with E-state index in [1.54, 1.807) is 14.2 Å². The first-order valence-corrected chi connectivity index (χ1v) is 11.2. The van der Waals surface area contributed by atoms with Gasteiger partial charge < -0.3 is 20.1 Å². The van der Waals surface area contributed by atoms with Gasteiger partial charge in [-0.2, -0.15) is 0 Å². The van der Waals surface area contributed by atoms with Crippen molar-refractivity contribution >= 4 is 40.7 Å². The summed E-state index contributed by atoms with van der Waals surface area (Å²) in [5, 5.41) is 7.14. The number of ether oxygens (including phenoxy) is 2. The van der Waals surface area contributed by atoms with Crippen molar-refractivity contribution in [3.05, 3.63) is 24.3 Å². The Hall–Kier alpha value is -1.03. The van der Waals surface area contributed by atoms with Crippen molar-refractivity contribution in [2.75, 3.05) is 33.1 Å². The first-order chi connectivity index (χ1) is 13.2. The number of halogens is 1. The van der Waals surface area contributed by atoms with E-state index in [0.717, 1.165) is 61.9 Å². The minimum absolute atomic E-state index is 0. The number of benzene rings is 1. The Morgan fingerprint density at radius 3 is 2.61 bits per heavy atom. The minimum atomic E-state index is -0.704. The second kappa shape index (κ2) is 14.0. The molecule has 6 nitrogen and oxygen atoms in total.